The van der Waals surface area contributed by atoms with Gasteiger partial charge in [-0.05, 0) is 31.0 Å². The highest BCUT2D eigenvalue weighted by atomic mass is 32.1. The highest BCUT2D eigenvalue weighted by Crippen LogP contribution is 2.34. The second-order valence-electron chi connectivity index (χ2n) is 7.45. The third-order valence-electron chi connectivity index (χ3n) is 5.38. The molecule has 1 aromatic carbocycles. The minimum Gasteiger partial charge on any atom is -0.379 e. The number of nitrogens with one attached hydrogen (secondary N) is 2. The first kappa shape index (κ1) is 21.5. The number of carbonyl (C=O) groups is 1. The van der Waals surface area contributed by atoms with E-state index in [4.69, 9.17) is 15.5 Å². The third kappa shape index (κ3) is 5.12. The van der Waals surface area contributed by atoms with E-state index in [1.165, 1.54) is 17.5 Å². The first-order chi connectivity index (χ1) is 15.2. The Morgan fingerprint density at radius 2 is 2.10 bits per heavy atom. The summed E-state index contributed by atoms with van der Waals surface area (Å²) in [7, 11) is 0. The van der Waals surface area contributed by atoms with Crippen LogP contribution in [-0.2, 0) is 11.2 Å². The molecule has 1 fully saturated rings. The predicted molar refractivity (Wildman–Crippen MR) is 125 cm³/mol. The van der Waals surface area contributed by atoms with Crippen molar-refractivity contribution in [3.63, 3.8) is 0 Å². The normalized spacial score (nSPS) is 14.6. The minimum atomic E-state index is -0.529. The summed E-state index contributed by atoms with van der Waals surface area (Å²) in [6.45, 7) is 7.57. The zero-order valence-corrected chi connectivity index (χ0v) is 18.5. The number of hydrogen-bond donors (Lipinski definition) is 3. The molecule has 0 radical (unpaired) electrons. The first-order valence-corrected chi connectivity index (χ1v) is 11.5. The molecule has 8 nitrogen and oxygen atoms in total. The number of primary amides is 1. The van der Waals surface area contributed by atoms with Crippen LogP contribution in [0.4, 0.5) is 16.5 Å². The molecule has 0 saturated carbocycles. The van der Waals surface area contributed by atoms with Gasteiger partial charge in [-0.15, -0.1) is 0 Å². The van der Waals surface area contributed by atoms with Crippen molar-refractivity contribution in [3.05, 3.63) is 41.6 Å². The number of ether oxygens (including phenoxy) is 1. The molecule has 1 aliphatic rings. The zero-order chi connectivity index (χ0) is 21.6. The van der Waals surface area contributed by atoms with Crippen molar-refractivity contribution in [3.8, 4) is 0 Å². The van der Waals surface area contributed by atoms with E-state index in [1.54, 1.807) is 0 Å². The maximum Gasteiger partial charge on any atom is 0.252 e. The van der Waals surface area contributed by atoms with Gasteiger partial charge in [-0.1, -0.05) is 36.5 Å². The van der Waals surface area contributed by atoms with Gasteiger partial charge in [0.2, 0.25) is 0 Å². The molecule has 3 aromatic rings. The fourth-order valence-electron chi connectivity index (χ4n) is 3.67. The van der Waals surface area contributed by atoms with Crippen molar-refractivity contribution in [1.82, 2.24) is 14.9 Å². The Labute approximate surface area is 185 Å². The molecule has 2 aromatic heterocycles. The molecule has 31 heavy (non-hydrogen) atoms. The standard InChI is InChI=1S/C22H28N6O2S/c1-2-15-6-3-4-7-17(15)26-18-16(20(23)29)14-25-21-19(18)27-22(31-21)24-8-5-9-28-10-12-30-13-11-28/h3-4,6-7,14H,2,5,8-13H2,1H3,(H2,23,29)(H,24,27)(H,25,26). The van der Waals surface area contributed by atoms with E-state index in [0.717, 1.165) is 73.4 Å². The summed E-state index contributed by atoms with van der Waals surface area (Å²) >= 11 is 1.48. The number of carbonyl (C=O) groups excluding carboxylic acids is 1. The quantitative estimate of drug-likeness (QED) is 0.439. The van der Waals surface area contributed by atoms with Crippen molar-refractivity contribution in [1.29, 1.82) is 0 Å². The zero-order valence-electron chi connectivity index (χ0n) is 17.7. The molecule has 0 bridgehead atoms. The Kier molecular flexibility index (Phi) is 6.96. The van der Waals surface area contributed by atoms with Crippen LogP contribution in [0.15, 0.2) is 30.5 Å². The number of nitrogens with two attached hydrogens (primary N) is 1. The molecule has 0 unspecified atom stereocenters. The molecule has 1 aliphatic heterocycles. The van der Waals surface area contributed by atoms with Gasteiger partial charge in [0.15, 0.2) is 5.13 Å². The molecule has 0 atom stereocenters. The van der Waals surface area contributed by atoms with Gasteiger partial charge in [-0.25, -0.2) is 9.97 Å². The summed E-state index contributed by atoms with van der Waals surface area (Å²) in [5.41, 5.74) is 9.32. The fraction of sp³-hybridized carbons (Fsp3) is 0.409. The number of pyridine rings is 1. The number of hydrogen-bond acceptors (Lipinski definition) is 8. The number of aryl methyl sites for hydroxylation is 1. The lowest BCUT2D eigenvalue weighted by molar-refractivity contribution is 0.0378. The Morgan fingerprint density at radius 3 is 2.87 bits per heavy atom. The van der Waals surface area contributed by atoms with Crippen LogP contribution in [0, 0.1) is 0 Å². The Hall–Kier alpha value is -2.75. The third-order valence-corrected chi connectivity index (χ3v) is 6.30. The molecule has 3 heterocycles. The fourth-order valence-corrected chi connectivity index (χ4v) is 4.52. The summed E-state index contributed by atoms with van der Waals surface area (Å²) in [6, 6.07) is 8.02. The number of rotatable bonds is 9. The van der Waals surface area contributed by atoms with Crippen LogP contribution in [0.1, 0.15) is 29.3 Å². The van der Waals surface area contributed by atoms with Crippen molar-refractivity contribution in [2.75, 3.05) is 50.0 Å². The molecule has 1 amide bonds. The van der Waals surface area contributed by atoms with Crippen molar-refractivity contribution < 1.29 is 9.53 Å². The highest BCUT2D eigenvalue weighted by molar-refractivity contribution is 7.21. The largest absolute Gasteiger partial charge is 0.379 e. The van der Waals surface area contributed by atoms with Gasteiger partial charge in [0.25, 0.3) is 5.91 Å². The van der Waals surface area contributed by atoms with Gasteiger partial charge in [-0.2, -0.15) is 0 Å². The molecular formula is C22H28N6O2S. The van der Waals surface area contributed by atoms with Crippen LogP contribution < -0.4 is 16.4 Å². The summed E-state index contributed by atoms with van der Waals surface area (Å²) < 4.78 is 5.39. The van der Waals surface area contributed by atoms with E-state index >= 15 is 0 Å². The number of nitrogens with zero attached hydrogens (tertiary/aromatic N) is 3. The molecular weight excluding hydrogens is 412 g/mol. The monoisotopic (exact) mass is 440 g/mol. The van der Waals surface area contributed by atoms with E-state index in [-0.39, 0.29) is 0 Å². The molecule has 4 rings (SSSR count). The van der Waals surface area contributed by atoms with Crippen LogP contribution in [0.2, 0.25) is 0 Å². The summed E-state index contributed by atoms with van der Waals surface area (Å²) in [4.78, 5) is 24.4. The second kappa shape index (κ2) is 10.0. The molecule has 1 saturated heterocycles. The molecule has 0 spiro atoms. The van der Waals surface area contributed by atoms with E-state index in [9.17, 15) is 4.79 Å². The van der Waals surface area contributed by atoms with Crippen LogP contribution in [0.5, 0.6) is 0 Å². The van der Waals surface area contributed by atoms with Crippen LogP contribution in [-0.4, -0.2) is 60.2 Å². The summed E-state index contributed by atoms with van der Waals surface area (Å²) in [6.07, 6.45) is 3.42. The summed E-state index contributed by atoms with van der Waals surface area (Å²) in [5.74, 6) is -0.529. The average Bonchev–Trinajstić information content (AvgIpc) is 3.21. The van der Waals surface area contributed by atoms with Crippen molar-refractivity contribution in [2.45, 2.75) is 19.8 Å². The smallest absolute Gasteiger partial charge is 0.252 e. The van der Waals surface area contributed by atoms with E-state index in [2.05, 4.69) is 33.5 Å². The molecule has 164 valence electrons. The number of thiazole rings is 1. The Bertz CT molecular complexity index is 1050. The van der Waals surface area contributed by atoms with Gasteiger partial charge < -0.3 is 21.1 Å². The predicted octanol–water partition coefficient (Wildman–Crippen LogP) is 3.23. The van der Waals surface area contributed by atoms with E-state index in [1.807, 2.05) is 18.2 Å². The van der Waals surface area contributed by atoms with Gasteiger partial charge in [0.05, 0.1) is 24.5 Å². The van der Waals surface area contributed by atoms with E-state index < -0.39 is 5.91 Å². The topological polar surface area (TPSA) is 105 Å². The van der Waals surface area contributed by atoms with Gasteiger partial charge in [0, 0.05) is 31.5 Å². The number of para-hydroxylation sites is 1. The number of morpholine rings is 1. The number of amides is 1. The minimum absolute atomic E-state index is 0.336. The van der Waals surface area contributed by atoms with Crippen LogP contribution in [0.3, 0.4) is 0 Å². The molecule has 4 N–H and O–H groups in total. The van der Waals surface area contributed by atoms with Crippen LogP contribution >= 0.6 is 11.3 Å². The Balaban J connectivity index is 1.52. The van der Waals surface area contributed by atoms with Gasteiger partial charge >= 0.3 is 0 Å². The number of benzene rings is 1. The molecule has 9 heteroatoms. The highest BCUT2D eigenvalue weighted by Gasteiger charge is 2.18. The van der Waals surface area contributed by atoms with Crippen LogP contribution in [0.25, 0.3) is 10.3 Å². The SMILES string of the molecule is CCc1ccccc1Nc1c(C(N)=O)cnc2sc(NCCCN3CCOCC3)nc12. The number of fused-ring (bicyclic) bond motifs is 1. The first-order valence-electron chi connectivity index (χ1n) is 10.6. The maximum absolute atomic E-state index is 12.1. The van der Waals surface area contributed by atoms with Crippen molar-refractivity contribution >= 4 is 44.1 Å². The maximum atomic E-state index is 12.1. The molecule has 0 aliphatic carbocycles. The lowest BCUT2D eigenvalue weighted by Gasteiger charge is -2.26. The summed E-state index contributed by atoms with van der Waals surface area (Å²) in [5, 5.41) is 7.59. The number of aromatic nitrogens is 2. The van der Waals surface area contributed by atoms with Gasteiger partial charge in [-0.3, -0.25) is 9.69 Å². The Morgan fingerprint density at radius 1 is 1.29 bits per heavy atom. The van der Waals surface area contributed by atoms with Crippen molar-refractivity contribution in [2.24, 2.45) is 5.73 Å². The second-order valence-corrected chi connectivity index (χ2v) is 8.43. The van der Waals surface area contributed by atoms with Gasteiger partial charge in [0.1, 0.15) is 10.3 Å². The average molecular weight is 441 g/mol. The number of anilines is 3. The van der Waals surface area contributed by atoms with E-state index in [0.29, 0.717) is 16.8 Å². The lowest BCUT2D eigenvalue weighted by atomic mass is 10.1. The lowest BCUT2D eigenvalue weighted by Crippen LogP contribution is -2.37.